The molecule has 0 N–H and O–H groups in total. The SMILES string of the molecule is [O-]/[N+]1=C2\CCCCC2CCCCC1. The number of nitrogens with zero attached hydrogens (tertiary/aromatic N) is 1. The number of rotatable bonds is 0. The quantitative estimate of drug-likeness (QED) is 0.417. The zero-order valence-corrected chi connectivity index (χ0v) is 8.30. The van der Waals surface area contributed by atoms with Gasteiger partial charge in [-0.15, -0.1) is 0 Å². The van der Waals surface area contributed by atoms with E-state index in [1.165, 1.54) is 49.0 Å². The lowest BCUT2D eigenvalue weighted by Crippen LogP contribution is -2.29. The molecule has 1 unspecified atom stereocenters. The van der Waals surface area contributed by atoms with E-state index in [0.717, 1.165) is 19.4 Å². The molecule has 1 saturated carbocycles. The Hall–Kier alpha value is -0.530. The van der Waals surface area contributed by atoms with Gasteiger partial charge in [0.25, 0.3) is 0 Å². The maximum Gasteiger partial charge on any atom is 0.166 e. The highest BCUT2D eigenvalue weighted by Gasteiger charge is 2.27. The summed E-state index contributed by atoms with van der Waals surface area (Å²) in [6, 6.07) is 0. The smallest absolute Gasteiger partial charge is 0.166 e. The summed E-state index contributed by atoms with van der Waals surface area (Å²) in [5, 5.41) is 11.7. The van der Waals surface area contributed by atoms with Crippen molar-refractivity contribution in [1.82, 2.24) is 0 Å². The molecule has 1 aliphatic heterocycles. The van der Waals surface area contributed by atoms with Crippen molar-refractivity contribution in [2.24, 2.45) is 5.92 Å². The highest BCUT2D eigenvalue weighted by Crippen LogP contribution is 2.27. The summed E-state index contributed by atoms with van der Waals surface area (Å²) in [7, 11) is 0. The summed E-state index contributed by atoms with van der Waals surface area (Å²) in [5.41, 5.74) is 1.23. The van der Waals surface area contributed by atoms with Crippen LogP contribution in [-0.4, -0.2) is 17.0 Å². The zero-order valence-electron chi connectivity index (χ0n) is 8.30. The molecule has 0 aromatic carbocycles. The summed E-state index contributed by atoms with van der Waals surface area (Å²) in [5.74, 6) is 0.645. The van der Waals surface area contributed by atoms with E-state index in [4.69, 9.17) is 0 Å². The molecule has 0 radical (unpaired) electrons. The summed E-state index contributed by atoms with van der Waals surface area (Å²) < 4.78 is 1.31. The van der Waals surface area contributed by atoms with Crippen molar-refractivity contribution in [3.05, 3.63) is 5.21 Å². The molecule has 0 bridgehead atoms. The van der Waals surface area contributed by atoms with Crippen molar-refractivity contribution in [1.29, 1.82) is 0 Å². The van der Waals surface area contributed by atoms with Gasteiger partial charge in [-0.1, -0.05) is 12.8 Å². The Morgan fingerprint density at radius 2 is 1.77 bits per heavy atom. The van der Waals surface area contributed by atoms with E-state index >= 15 is 0 Å². The van der Waals surface area contributed by atoms with Gasteiger partial charge in [-0.05, 0) is 25.7 Å². The highest BCUT2D eigenvalue weighted by atomic mass is 16.5. The largest absolute Gasteiger partial charge is 0.624 e. The maximum atomic E-state index is 11.7. The third kappa shape index (κ3) is 2.04. The van der Waals surface area contributed by atoms with Crippen LogP contribution in [0.2, 0.25) is 0 Å². The molecule has 2 rings (SSSR count). The van der Waals surface area contributed by atoms with Crippen molar-refractivity contribution < 1.29 is 4.74 Å². The fourth-order valence-electron chi connectivity index (χ4n) is 2.67. The first-order valence-corrected chi connectivity index (χ1v) is 5.68. The third-order valence-electron chi connectivity index (χ3n) is 3.44. The number of hydroxylamine groups is 1. The lowest BCUT2D eigenvalue weighted by molar-refractivity contribution is -0.463. The second-order valence-electron chi connectivity index (χ2n) is 4.39. The van der Waals surface area contributed by atoms with Crippen LogP contribution in [0.15, 0.2) is 0 Å². The minimum absolute atomic E-state index is 0.645. The van der Waals surface area contributed by atoms with Crippen LogP contribution in [0.1, 0.15) is 51.4 Å². The van der Waals surface area contributed by atoms with Crippen LogP contribution < -0.4 is 0 Å². The predicted molar refractivity (Wildman–Crippen MR) is 53.9 cm³/mol. The molecule has 1 aliphatic carbocycles. The average molecular weight is 181 g/mol. The van der Waals surface area contributed by atoms with Crippen LogP contribution >= 0.6 is 0 Å². The Balaban J connectivity index is 2.14. The van der Waals surface area contributed by atoms with E-state index in [2.05, 4.69) is 0 Å². The van der Waals surface area contributed by atoms with E-state index in [9.17, 15) is 5.21 Å². The Bertz CT molecular complexity index is 210. The van der Waals surface area contributed by atoms with Crippen LogP contribution in [0.4, 0.5) is 0 Å². The summed E-state index contributed by atoms with van der Waals surface area (Å²) in [6.07, 6.45) is 9.88. The Morgan fingerprint density at radius 1 is 1.00 bits per heavy atom. The van der Waals surface area contributed by atoms with Gasteiger partial charge in [-0.2, -0.15) is 0 Å². The molecule has 0 aromatic heterocycles. The van der Waals surface area contributed by atoms with E-state index in [-0.39, 0.29) is 0 Å². The maximum absolute atomic E-state index is 11.7. The number of hydrogen-bond acceptors (Lipinski definition) is 1. The molecule has 2 heteroatoms. The van der Waals surface area contributed by atoms with Gasteiger partial charge in [-0.25, -0.2) is 4.74 Å². The molecule has 0 saturated heterocycles. The molecule has 74 valence electrons. The van der Waals surface area contributed by atoms with Gasteiger partial charge in [0.2, 0.25) is 0 Å². The van der Waals surface area contributed by atoms with Gasteiger partial charge in [0, 0.05) is 18.8 Å². The van der Waals surface area contributed by atoms with Gasteiger partial charge in [0.1, 0.15) is 0 Å². The number of hydrogen-bond donors (Lipinski definition) is 0. The van der Waals surface area contributed by atoms with Crippen LogP contribution in [-0.2, 0) is 0 Å². The minimum atomic E-state index is 0.645. The molecule has 2 nitrogen and oxygen atoms in total. The lowest BCUT2D eigenvalue weighted by atomic mass is 9.83. The molecule has 1 fully saturated rings. The molecule has 1 atom stereocenters. The molecule has 0 spiro atoms. The standard InChI is InChI=1S/C11H19NO/c13-12-9-5-1-2-6-10-7-3-4-8-11(10)12/h10H,1-9H2/b12-11+. The predicted octanol–water partition coefficient (Wildman–Crippen LogP) is 2.70. The molecule has 13 heavy (non-hydrogen) atoms. The molecule has 0 amide bonds. The van der Waals surface area contributed by atoms with Gasteiger partial charge in [-0.3, -0.25) is 0 Å². The topological polar surface area (TPSA) is 26.1 Å². The van der Waals surface area contributed by atoms with Crippen molar-refractivity contribution in [3.8, 4) is 0 Å². The normalized spacial score (nSPS) is 36.2. The Morgan fingerprint density at radius 3 is 2.62 bits per heavy atom. The summed E-state index contributed by atoms with van der Waals surface area (Å²) in [6.45, 7) is 0.756. The fourth-order valence-corrected chi connectivity index (χ4v) is 2.67. The van der Waals surface area contributed by atoms with Crippen molar-refractivity contribution in [2.45, 2.75) is 51.4 Å². The van der Waals surface area contributed by atoms with E-state index in [1.807, 2.05) is 0 Å². The third-order valence-corrected chi connectivity index (χ3v) is 3.44. The first kappa shape index (κ1) is 9.04. The number of fused-ring (bicyclic) bond motifs is 1. The van der Waals surface area contributed by atoms with Crippen LogP contribution in [0.3, 0.4) is 0 Å². The van der Waals surface area contributed by atoms with Crippen LogP contribution in [0.5, 0.6) is 0 Å². The molecular weight excluding hydrogens is 162 g/mol. The van der Waals surface area contributed by atoms with Crippen LogP contribution in [0.25, 0.3) is 0 Å². The van der Waals surface area contributed by atoms with Gasteiger partial charge in [0.15, 0.2) is 12.3 Å². The van der Waals surface area contributed by atoms with Gasteiger partial charge >= 0.3 is 0 Å². The van der Waals surface area contributed by atoms with Crippen molar-refractivity contribution >= 4 is 5.71 Å². The second kappa shape index (κ2) is 4.12. The van der Waals surface area contributed by atoms with Crippen molar-refractivity contribution in [3.63, 3.8) is 0 Å². The first-order valence-electron chi connectivity index (χ1n) is 5.68. The Labute approximate surface area is 80.2 Å². The van der Waals surface area contributed by atoms with Gasteiger partial charge < -0.3 is 5.21 Å². The average Bonchev–Trinajstić information content (AvgIpc) is 2.14. The van der Waals surface area contributed by atoms with Crippen LogP contribution in [0, 0.1) is 11.1 Å². The minimum Gasteiger partial charge on any atom is -0.624 e. The van der Waals surface area contributed by atoms with E-state index in [1.54, 1.807) is 0 Å². The zero-order chi connectivity index (χ0) is 9.10. The first-order chi connectivity index (χ1) is 6.38. The van der Waals surface area contributed by atoms with E-state index < -0.39 is 0 Å². The molecule has 1 heterocycles. The monoisotopic (exact) mass is 181 g/mol. The molecular formula is C11H19NO. The van der Waals surface area contributed by atoms with Gasteiger partial charge in [0.05, 0.1) is 0 Å². The molecule has 0 aromatic rings. The van der Waals surface area contributed by atoms with E-state index in [0.29, 0.717) is 5.92 Å². The summed E-state index contributed by atoms with van der Waals surface area (Å²) in [4.78, 5) is 0. The summed E-state index contributed by atoms with van der Waals surface area (Å²) >= 11 is 0. The second-order valence-corrected chi connectivity index (χ2v) is 4.39. The molecule has 2 aliphatic rings. The fraction of sp³-hybridized carbons (Fsp3) is 0.909. The van der Waals surface area contributed by atoms with Crippen molar-refractivity contribution in [2.75, 3.05) is 6.54 Å². The lowest BCUT2D eigenvalue weighted by Gasteiger charge is -2.25. The highest BCUT2D eigenvalue weighted by molar-refractivity contribution is 5.83. The Kier molecular flexibility index (Phi) is 2.87.